The van der Waals surface area contributed by atoms with Crippen LogP contribution >= 0.6 is 0 Å². The zero-order valence-corrected chi connectivity index (χ0v) is 13.2. The molecule has 0 aliphatic heterocycles. The van der Waals surface area contributed by atoms with Gasteiger partial charge in [0, 0.05) is 25.6 Å². The third-order valence-corrected chi connectivity index (χ3v) is 3.38. The molecule has 0 aliphatic rings. The smallest absolute Gasteiger partial charge is 0.326 e. The van der Waals surface area contributed by atoms with Crippen molar-refractivity contribution in [3.8, 4) is 0 Å². The van der Waals surface area contributed by atoms with Gasteiger partial charge in [0.15, 0.2) is 0 Å². The van der Waals surface area contributed by atoms with Crippen LogP contribution < -0.4 is 5.32 Å². The first-order valence-corrected chi connectivity index (χ1v) is 6.92. The van der Waals surface area contributed by atoms with E-state index in [0.717, 1.165) is 0 Å². The number of carbonyl (C=O) groups is 3. The Morgan fingerprint density at radius 3 is 2.45 bits per heavy atom. The molecule has 8 heteroatoms. The monoisotopic (exact) mass is 311 g/mol. The van der Waals surface area contributed by atoms with E-state index in [1.54, 1.807) is 13.8 Å². The highest BCUT2D eigenvalue weighted by Crippen LogP contribution is 2.15. The van der Waals surface area contributed by atoms with Crippen LogP contribution in [0.5, 0.6) is 0 Å². The topological polar surface area (TPSA) is 113 Å². The quantitative estimate of drug-likeness (QED) is 0.747. The van der Waals surface area contributed by atoms with Gasteiger partial charge in [0.25, 0.3) is 0 Å². The van der Waals surface area contributed by atoms with E-state index in [1.807, 2.05) is 0 Å². The molecule has 0 aliphatic carbocycles. The summed E-state index contributed by atoms with van der Waals surface area (Å²) in [5.41, 5.74) is 1.27. The van der Waals surface area contributed by atoms with E-state index in [-0.39, 0.29) is 31.3 Å². The van der Waals surface area contributed by atoms with Crippen molar-refractivity contribution in [1.82, 2.24) is 15.4 Å². The largest absolute Gasteiger partial charge is 0.480 e. The Balaban J connectivity index is 2.83. The number of aromatic nitrogens is 1. The Morgan fingerprint density at radius 1 is 1.36 bits per heavy atom. The summed E-state index contributed by atoms with van der Waals surface area (Å²) < 4.78 is 5.00. The van der Waals surface area contributed by atoms with Crippen LogP contribution in [0.2, 0.25) is 0 Å². The van der Waals surface area contributed by atoms with Crippen LogP contribution in [0.1, 0.15) is 30.9 Å². The molecule has 2 amide bonds. The molecule has 22 heavy (non-hydrogen) atoms. The van der Waals surface area contributed by atoms with Gasteiger partial charge in [-0.3, -0.25) is 9.59 Å². The number of hydrogen-bond donors (Lipinski definition) is 2. The molecule has 2 N–H and O–H groups in total. The Kier molecular flexibility index (Phi) is 6.09. The number of nitrogens with zero attached hydrogens (tertiary/aromatic N) is 2. The lowest BCUT2D eigenvalue weighted by Crippen LogP contribution is -2.47. The highest BCUT2D eigenvalue weighted by molar-refractivity contribution is 5.85. The van der Waals surface area contributed by atoms with Crippen molar-refractivity contribution in [3.63, 3.8) is 0 Å². The molecule has 1 rings (SSSR count). The number of aliphatic carboxylic acids is 1. The van der Waals surface area contributed by atoms with Gasteiger partial charge in [0.2, 0.25) is 11.8 Å². The molecular formula is C14H21N3O5. The summed E-state index contributed by atoms with van der Waals surface area (Å²) in [7, 11) is 0. The second-order valence-corrected chi connectivity index (χ2v) is 5.06. The summed E-state index contributed by atoms with van der Waals surface area (Å²) in [5, 5.41) is 15.5. The molecule has 0 bridgehead atoms. The first-order chi connectivity index (χ1) is 10.2. The van der Waals surface area contributed by atoms with Crippen LogP contribution in [0.25, 0.3) is 0 Å². The lowest BCUT2D eigenvalue weighted by atomic mass is 10.1. The van der Waals surface area contributed by atoms with Crippen LogP contribution in [0.3, 0.4) is 0 Å². The molecule has 8 nitrogen and oxygen atoms in total. The predicted octanol–water partition coefficient (Wildman–Crippen LogP) is 0.272. The highest BCUT2D eigenvalue weighted by Gasteiger charge is 2.26. The first-order valence-electron chi connectivity index (χ1n) is 6.92. The van der Waals surface area contributed by atoms with Crippen LogP contribution in [-0.4, -0.2) is 52.1 Å². The molecule has 0 fully saturated rings. The van der Waals surface area contributed by atoms with Crippen molar-refractivity contribution in [2.45, 2.75) is 40.2 Å². The zero-order valence-electron chi connectivity index (χ0n) is 13.2. The lowest BCUT2D eigenvalue weighted by Gasteiger charge is -2.26. The molecule has 0 saturated carbocycles. The number of carbonyl (C=O) groups excluding carboxylic acids is 2. The number of nitrogens with one attached hydrogen (secondary N) is 1. The Bertz CT molecular complexity index is 547. The van der Waals surface area contributed by atoms with Crippen molar-refractivity contribution in [1.29, 1.82) is 0 Å². The average Bonchev–Trinajstić information content (AvgIpc) is 2.74. The van der Waals surface area contributed by atoms with Gasteiger partial charge < -0.3 is 19.8 Å². The minimum atomic E-state index is -1.10. The molecule has 0 aromatic carbocycles. The molecule has 0 spiro atoms. The van der Waals surface area contributed by atoms with Gasteiger partial charge >= 0.3 is 5.97 Å². The second kappa shape index (κ2) is 7.58. The standard InChI is InChI=1S/C14H21N3O5/c1-8-12(10(3)22-16-8)7-13(19)17(9(2)14(20)21)6-5-15-11(4)18/h9H,5-7H2,1-4H3,(H,15,18)(H,20,21). The first kappa shape index (κ1) is 17.7. The van der Waals surface area contributed by atoms with Gasteiger partial charge in [0.05, 0.1) is 12.1 Å². The Hall–Kier alpha value is -2.38. The molecule has 0 radical (unpaired) electrons. The summed E-state index contributed by atoms with van der Waals surface area (Å²) >= 11 is 0. The average molecular weight is 311 g/mol. The van der Waals surface area contributed by atoms with Crippen molar-refractivity contribution >= 4 is 17.8 Å². The maximum absolute atomic E-state index is 12.4. The lowest BCUT2D eigenvalue weighted by molar-refractivity contribution is -0.149. The normalized spacial score (nSPS) is 11.8. The number of hydrogen-bond acceptors (Lipinski definition) is 5. The fraction of sp³-hybridized carbons (Fsp3) is 0.571. The van der Waals surface area contributed by atoms with E-state index < -0.39 is 12.0 Å². The fourth-order valence-corrected chi connectivity index (χ4v) is 2.03. The SMILES string of the molecule is CC(=O)NCCN(C(=O)Cc1c(C)noc1C)C(C)C(=O)O. The summed E-state index contributed by atoms with van der Waals surface area (Å²) in [4.78, 5) is 35.7. The Morgan fingerprint density at radius 2 is 2.00 bits per heavy atom. The summed E-state index contributed by atoms with van der Waals surface area (Å²) in [5.74, 6) is -1.15. The number of amides is 2. The minimum Gasteiger partial charge on any atom is -0.480 e. The third kappa shape index (κ3) is 4.57. The predicted molar refractivity (Wildman–Crippen MR) is 77.2 cm³/mol. The van der Waals surface area contributed by atoms with Crippen LogP contribution in [-0.2, 0) is 20.8 Å². The maximum Gasteiger partial charge on any atom is 0.326 e. The molecule has 122 valence electrons. The van der Waals surface area contributed by atoms with E-state index in [4.69, 9.17) is 9.63 Å². The van der Waals surface area contributed by atoms with E-state index in [2.05, 4.69) is 10.5 Å². The van der Waals surface area contributed by atoms with Gasteiger partial charge in [-0.15, -0.1) is 0 Å². The van der Waals surface area contributed by atoms with Gasteiger partial charge in [-0.05, 0) is 20.8 Å². The van der Waals surface area contributed by atoms with E-state index in [9.17, 15) is 14.4 Å². The van der Waals surface area contributed by atoms with Crippen LogP contribution in [0, 0.1) is 13.8 Å². The second-order valence-electron chi connectivity index (χ2n) is 5.06. The van der Waals surface area contributed by atoms with Crippen molar-refractivity contribution in [3.05, 3.63) is 17.0 Å². The van der Waals surface area contributed by atoms with Crippen molar-refractivity contribution < 1.29 is 24.0 Å². The van der Waals surface area contributed by atoms with Crippen LogP contribution in [0.15, 0.2) is 4.52 Å². The van der Waals surface area contributed by atoms with Gasteiger partial charge in [0.1, 0.15) is 11.8 Å². The van der Waals surface area contributed by atoms with Crippen molar-refractivity contribution in [2.75, 3.05) is 13.1 Å². The number of carboxylic acid groups (broad SMARTS) is 1. The number of carboxylic acids is 1. The fourth-order valence-electron chi connectivity index (χ4n) is 2.03. The molecule has 1 aromatic rings. The summed E-state index contributed by atoms with van der Waals surface area (Å²) in [6.45, 7) is 6.53. The highest BCUT2D eigenvalue weighted by atomic mass is 16.5. The molecule has 1 heterocycles. The molecule has 1 atom stereocenters. The van der Waals surface area contributed by atoms with Gasteiger partial charge in [-0.1, -0.05) is 5.16 Å². The summed E-state index contributed by atoms with van der Waals surface area (Å²) in [6.07, 6.45) is 0.0128. The maximum atomic E-state index is 12.4. The molecular weight excluding hydrogens is 290 g/mol. The molecule has 1 aromatic heterocycles. The minimum absolute atomic E-state index is 0.0128. The number of aryl methyl sites for hydroxylation is 2. The van der Waals surface area contributed by atoms with Crippen molar-refractivity contribution in [2.24, 2.45) is 0 Å². The van der Waals surface area contributed by atoms with E-state index in [1.165, 1.54) is 18.7 Å². The number of rotatable bonds is 7. The van der Waals surface area contributed by atoms with Gasteiger partial charge in [-0.2, -0.15) is 0 Å². The molecule has 1 unspecified atom stereocenters. The zero-order chi connectivity index (χ0) is 16.9. The van der Waals surface area contributed by atoms with Gasteiger partial charge in [-0.25, -0.2) is 4.79 Å². The summed E-state index contributed by atoms with van der Waals surface area (Å²) in [6, 6.07) is -0.985. The Labute approximate surface area is 128 Å². The third-order valence-electron chi connectivity index (χ3n) is 3.38. The molecule has 0 saturated heterocycles. The van der Waals surface area contributed by atoms with Crippen LogP contribution in [0.4, 0.5) is 0 Å². The van der Waals surface area contributed by atoms with E-state index >= 15 is 0 Å². The van der Waals surface area contributed by atoms with E-state index in [0.29, 0.717) is 17.0 Å².